The first-order valence-corrected chi connectivity index (χ1v) is 20.2. The van der Waals surface area contributed by atoms with Crippen molar-refractivity contribution in [1.82, 2.24) is 34.4 Å². The molecule has 2 aromatic carbocycles. The molecule has 1 aromatic heterocycles. The summed E-state index contributed by atoms with van der Waals surface area (Å²) in [7, 11) is 0.414. The van der Waals surface area contributed by atoms with Crippen LogP contribution >= 0.6 is 0 Å². The van der Waals surface area contributed by atoms with E-state index in [1.807, 2.05) is 48.3 Å². The second-order valence-corrected chi connectivity index (χ2v) is 17.5. The van der Waals surface area contributed by atoms with Crippen LogP contribution in [0.2, 0.25) is 0 Å². The van der Waals surface area contributed by atoms with Crippen molar-refractivity contribution >= 4 is 44.9 Å². The molecule has 0 radical (unpaired) electrons. The Labute approximate surface area is 333 Å². The number of nitrogens with zero attached hydrogens (tertiary/aromatic N) is 4. The average molecular weight is 806 g/mol. The number of nitrogens with one attached hydrogen (secondary N) is 3. The summed E-state index contributed by atoms with van der Waals surface area (Å²) in [6.07, 6.45) is 0.0405. The van der Waals surface area contributed by atoms with E-state index in [4.69, 9.17) is 19.2 Å². The zero-order valence-corrected chi connectivity index (χ0v) is 33.9. The maximum atomic E-state index is 14.5. The Balaban J connectivity index is 1.32. The van der Waals surface area contributed by atoms with E-state index < -0.39 is 69.1 Å². The van der Waals surface area contributed by atoms with Crippen molar-refractivity contribution in [3.63, 3.8) is 0 Å². The molecule has 4 amide bonds. The molecule has 5 atom stereocenters. The minimum atomic E-state index is -4.22. The van der Waals surface area contributed by atoms with Gasteiger partial charge in [0.2, 0.25) is 11.8 Å². The van der Waals surface area contributed by atoms with Crippen LogP contribution in [0.4, 0.5) is 4.79 Å². The summed E-state index contributed by atoms with van der Waals surface area (Å²) in [5, 5.41) is 6.11. The van der Waals surface area contributed by atoms with Crippen LogP contribution in [0.5, 0.6) is 11.5 Å². The molecule has 306 valence electrons. The van der Waals surface area contributed by atoms with E-state index >= 15 is 0 Å². The van der Waals surface area contributed by atoms with Crippen molar-refractivity contribution in [2.24, 2.45) is 11.3 Å². The van der Waals surface area contributed by atoms with Gasteiger partial charge < -0.3 is 34.6 Å². The van der Waals surface area contributed by atoms with Crippen molar-refractivity contribution in [3.8, 4) is 22.8 Å². The van der Waals surface area contributed by atoms with Crippen LogP contribution in [-0.4, -0.2) is 129 Å². The molecule has 3 aromatic rings. The number of carbonyl (C=O) groups is 4. The molecule has 57 heavy (non-hydrogen) atoms. The molecule has 3 aliphatic rings. The van der Waals surface area contributed by atoms with Crippen LogP contribution in [0.3, 0.4) is 0 Å². The van der Waals surface area contributed by atoms with E-state index in [0.717, 1.165) is 5.56 Å². The second kappa shape index (κ2) is 16.3. The summed E-state index contributed by atoms with van der Waals surface area (Å²) in [5.41, 5.74) is -0.367. The minimum Gasteiger partial charge on any atom is -0.497 e. The summed E-state index contributed by atoms with van der Waals surface area (Å²) >= 11 is 0. The SMILES string of the molecule is C=CC1C[C@]1(NC(=O)[C@@H]1C[C@@H](Oc2cc(-c3ccccc3)nc3cc(OC)ccc23)CN1C(=O)[C@@H](NC(=O)OC)C(C)(C)C)C(=O)NS(=O)(=O)N1CCN(C)CC1. The van der Waals surface area contributed by atoms with Crippen molar-refractivity contribution in [2.45, 2.75) is 57.3 Å². The van der Waals surface area contributed by atoms with Gasteiger partial charge in [0.15, 0.2) is 0 Å². The number of likely N-dealkylation sites (tertiary alicyclic amines) is 1. The van der Waals surface area contributed by atoms with Gasteiger partial charge in [-0.25, -0.2) is 14.5 Å². The van der Waals surface area contributed by atoms with Gasteiger partial charge in [-0.1, -0.05) is 57.2 Å². The number of ether oxygens (including phenoxy) is 3. The molecule has 16 nitrogen and oxygen atoms in total. The first-order valence-electron chi connectivity index (χ1n) is 18.8. The van der Waals surface area contributed by atoms with Crippen molar-refractivity contribution in [3.05, 3.63) is 67.3 Å². The number of rotatable bonds is 12. The van der Waals surface area contributed by atoms with E-state index in [-0.39, 0.29) is 32.5 Å². The van der Waals surface area contributed by atoms with E-state index in [0.29, 0.717) is 41.2 Å². The lowest BCUT2D eigenvalue weighted by Crippen LogP contribution is -2.61. The minimum absolute atomic E-state index is 0.00332. The van der Waals surface area contributed by atoms with Gasteiger partial charge in [0.25, 0.3) is 5.91 Å². The number of benzene rings is 2. The zero-order chi connectivity index (χ0) is 41.3. The Hall–Kier alpha value is -5.26. The molecule has 3 heterocycles. The average Bonchev–Trinajstić information content (AvgIpc) is 3.74. The fraction of sp³-hybridized carbons (Fsp3) is 0.475. The fourth-order valence-electron chi connectivity index (χ4n) is 7.34. The van der Waals surface area contributed by atoms with Gasteiger partial charge in [0.1, 0.15) is 35.2 Å². The Bertz CT molecular complexity index is 2140. The molecule has 2 aliphatic heterocycles. The largest absolute Gasteiger partial charge is 0.497 e. The van der Waals surface area contributed by atoms with Gasteiger partial charge in [-0.05, 0) is 31.0 Å². The number of fused-ring (bicyclic) bond motifs is 1. The highest BCUT2D eigenvalue weighted by molar-refractivity contribution is 7.87. The number of hydrogen-bond acceptors (Lipinski definition) is 11. The van der Waals surface area contributed by atoms with Gasteiger partial charge in [-0.3, -0.25) is 14.4 Å². The molecule has 0 spiro atoms. The second-order valence-electron chi connectivity index (χ2n) is 15.8. The number of hydrogen-bond donors (Lipinski definition) is 3. The smallest absolute Gasteiger partial charge is 0.407 e. The number of likely N-dealkylation sites (N-methyl/N-ethyl adjacent to an activating group) is 1. The van der Waals surface area contributed by atoms with Gasteiger partial charge in [0.05, 0.1) is 32.0 Å². The first kappa shape index (κ1) is 41.4. The summed E-state index contributed by atoms with van der Waals surface area (Å²) in [4.78, 5) is 63.5. The number of amides is 4. The van der Waals surface area contributed by atoms with Gasteiger partial charge in [-0.15, -0.1) is 6.58 Å². The summed E-state index contributed by atoms with van der Waals surface area (Å²) in [5.74, 6) is -1.67. The Kier molecular flexibility index (Phi) is 11.8. The number of alkyl carbamates (subject to hydrolysis) is 1. The molecule has 1 saturated carbocycles. The highest BCUT2D eigenvalue weighted by Gasteiger charge is 2.62. The predicted molar refractivity (Wildman–Crippen MR) is 212 cm³/mol. The van der Waals surface area contributed by atoms with Gasteiger partial charge in [0, 0.05) is 61.6 Å². The van der Waals surface area contributed by atoms with E-state index in [9.17, 15) is 27.6 Å². The number of piperazine rings is 1. The Morgan fingerprint density at radius 2 is 1.72 bits per heavy atom. The fourth-order valence-corrected chi connectivity index (χ4v) is 8.53. The highest BCUT2D eigenvalue weighted by Crippen LogP contribution is 2.45. The lowest BCUT2D eigenvalue weighted by molar-refractivity contribution is -0.142. The third-order valence-electron chi connectivity index (χ3n) is 10.8. The van der Waals surface area contributed by atoms with Crippen LogP contribution in [-0.2, 0) is 29.3 Å². The first-order chi connectivity index (χ1) is 27.0. The van der Waals surface area contributed by atoms with E-state index in [2.05, 4.69) is 21.9 Å². The van der Waals surface area contributed by atoms with E-state index in [1.54, 1.807) is 46.1 Å². The predicted octanol–water partition coefficient (Wildman–Crippen LogP) is 2.70. The third-order valence-corrected chi connectivity index (χ3v) is 12.3. The van der Waals surface area contributed by atoms with Gasteiger partial charge >= 0.3 is 16.3 Å². The van der Waals surface area contributed by atoms with E-state index in [1.165, 1.54) is 22.4 Å². The molecule has 1 aliphatic carbocycles. The third kappa shape index (κ3) is 8.84. The number of aromatic nitrogens is 1. The maximum absolute atomic E-state index is 14.5. The molecule has 17 heteroatoms. The van der Waals surface area contributed by atoms with Crippen LogP contribution in [0.1, 0.15) is 33.6 Å². The van der Waals surface area contributed by atoms with Crippen LogP contribution in [0, 0.1) is 11.3 Å². The Morgan fingerprint density at radius 1 is 1.02 bits per heavy atom. The number of methoxy groups -OCH3 is 2. The van der Waals surface area contributed by atoms with Crippen LogP contribution < -0.4 is 24.8 Å². The molecule has 6 rings (SSSR count). The molecule has 1 unspecified atom stereocenters. The van der Waals surface area contributed by atoms with Crippen molar-refractivity contribution in [1.29, 1.82) is 0 Å². The molecular weight excluding hydrogens is 755 g/mol. The Morgan fingerprint density at radius 3 is 2.33 bits per heavy atom. The van der Waals surface area contributed by atoms with Crippen LogP contribution in [0.15, 0.2) is 67.3 Å². The van der Waals surface area contributed by atoms with Crippen molar-refractivity contribution < 1.29 is 41.8 Å². The quantitative estimate of drug-likeness (QED) is 0.229. The lowest BCUT2D eigenvalue weighted by atomic mass is 9.85. The molecule has 2 saturated heterocycles. The number of pyridine rings is 1. The lowest BCUT2D eigenvalue weighted by Gasteiger charge is -2.35. The van der Waals surface area contributed by atoms with Gasteiger partial charge in [-0.2, -0.15) is 12.7 Å². The van der Waals surface area contributed by atoms with Crippen LogP contribution in [0.25, 0.3) is 22.2 Å². The highest BCUT2D eigenvalue weighted by atomic mass is 32.2. The summed E-state index contributed by atoms with van der Waals surface area (Å²) in [6, 6.07) is 14.5. The molecule has 0 bridgehead atoms. The zero-order valence-electron chi connectivity index (χ0n) is 33.1. The maximum Gasteiger partial charge on any atom is 0.407 e. The molecule has 3 fully saturated rings. The number of carbonyl (C=O) groups excluding carboxylic acids is 4. The normalized spacial score (nSPS) is 23.3. The standard InChI is InChI=1S/C40H51N7O9S/c1-8-26-23-40(26,37(50)44-57(52,53)46-18-16-45(5)17-19-46)43-35(48)32-21-28(24-47(32)36(49)34(39(2,3)4)42-38(51)55-7)56-33-22-30(25-12-10-9-11-13-25)41-31-20-27(54-6)14-15-29(31)33/h8-15,20,22,26,28,32,34H,1,16-19,21,23-24H2,2-7H3,(H,42,51)(H,43,48)(H,44,50)/t26?,28-,32+,34-,40-/m1/s1. The monoisotopic (exact) mass is 805 g/mol. The van der Waals surface area contributed by atoms with Crippen molar-refractivity contribution in [2.75, 3.05) is 54.0 Å². The summed E-state index contributed by atoms with van der Waals surface area (Å²) < 4.78 is 47.0. The summed E-state index contributed by atoms with van der Waals surface area (Å²) in [6.45, 7) is 10.5. The topological polar surface area (TPSA) is 189 Å². The molecular formula is C40H51N7O9S. The molecule has 3 N–H and O–H groups in total.